The fourth-order valence-electron chi connectivity index (χ4n) is 2.32. The van der Waals surface area contributed by atoms with Gasteiger partial charge in [-0.1, -0.05) is 44.0 Å². The fourth-order valence-corrected chi connectivity index (χ4v) is 2.32. The van der Waals surface area contributed by atoms with Crippen molar-refractivity contribution in [2.75, 3.05) is 0 Å². The molecule has 0 aliphatic heterocycles. The highest BCUT2D eigenvalue weighted by atomic mass is 14.7. The van der Waals surface area contributed by atoms with E-state index < -0.39 is 0 Å². The molecule has 0 saturated heterocycles. The van der Waals surface area contributed by atoms with Gasteiger partial charge >= 0.3 is 0 Å². The molecule has 0 amide bonds. The van der Waals surface area contributed by atoms with E-state index in [0.717, 1.165) is 5.92 Å². The molecule has 1 aliphatic rings. The van der Waals surface area contributed by atoms with Crippen LogP contribution in [0.15, 0.2) is 24.3 Å². The standard InChI is InChI=1S/C14H21N/c1-2-5-11-6-3-9-13(10-11)14(15)12-7-4-8-12/h3,6,9-10,12,14H,2,4-5,7-8,15H2,1H3. The van der Waals surface area contributed by atoms with Crippen LogP contribution in [0.5, 0.6) is 0 Å². The van der Waals surface area contributed by atoms with E-state index >= 15 is 0 Å². The van der Waals surface area contributed by atoms with Gasteiger partial charge in [0.15, 0.2) is 0 Å². The molecule has 1 aromatic rings. The molecular weight excluding hydrogens is 182 g/mol. The summed E-state index contributed by atoms with van der Waals surface area (Å²) in [6.45, 7) is 2.22. The smallest absolute Gasteiger partial charge is 0.0323 e. The summed E-state index contributed by atoms with van der Waals surface area (Å²) < 4.78 is 0. The van der Waals surface area contributed by atoms with Crippen molar-refractivity contribution in [3.63, 3.8) is 0 Å². The van der Waals surface area contributed by atoms with Gasteiger partial charge in [0, 0.05) is 6.04 Å². The van der Waals surface area contributed by atoms with Gasteiger partial charge in [-0.05, 0) is 36.3 Å². The van der Waals surface area contributed by atoms with Crippen LogP contribution in [0.3, 0.4) is 0 Å². The second-order valence-electron chi connectivity index (χ2n) is 4.71. The molecule has 2 rings (SSSR count). The van der Waals surface area contributed by atoms with E-state index in [9.17, 15) is 0 Å². The zero-order valence-corrected chi connectivity index (χ0v) is 9.58. The van der Waals surface area contributed by atoms with E-state index in [1.165, 1.54) is 43.2 Å². The zero-order valence-electron chi connectivity index (χ0n) is 9.58. The molecule has 0 radical (unpaired) electrons. The molecule has 0 heterocycles. The van der Waals surface area contributed by atoms with Gasteiger partial charge in [0.25, 0.3) is 0 Å². The molecule has 0 spiro atoms. The van der Waals surface area contributed by atoms with Gasteiger partial charge in [-0.3, -0.25) is 0 Å². The Bertz CT molecular complexity index is 315. The summed E-state index contributed by atoms with van der Waals surface area (Å²) in [5, 5.41) is 0. The minimum atomic E-state index is 0.274. The maximum atomic E-state index is 6.27. The van der Waals surface area contributed by atoms with Crippen molar-refractivity contribution in [2.45, 2.75) is 45.1 Å². The highest BCUT2D eigenvalue weighted by Crippen LogP contribution is 2.36. The predicted molar refractivity (Wildman–Crippen MR) is 64.7 cm³/mol. The average molecular weight is 203 g/mol. The van der Waals surface area contributed by atoms with Crippen molar-refractivity contribution in [3.05, 3.63) is 35.4 Å². The second-order valence-corrected chi connectivity index (χ2v) is 4.71. The number of nitrogens with two attached hydrogens (primary N) is 1. The topological polar surface area (TPSA) is 26.0 Å². The van der Waals surface area contributed by atoms with Crippen LogP contribution in [0.25, 0.3) is 0 Å². The summed E-state index contributed by atoms with van der Waals surface area (Å²) in [6, 6.07) is 9.11. The Hall–Kier alpha value is -0.820. The molecule has 82 valence electrons. The third kappa shape index (κ3) is 2.40. The van der Waals surface area contributed by atoms with Gasteiger partial charge in [0.1, 0.15) is 0 Å². The Morgan fingerprint density at radius 2 is 2.20 bits per heavy atom. The molecule has 0 aromatic heterocycles. The molecule has 1 aromatic carbocycles. The Morgan fingerprint density at radius 3 is 2.80 bits per heavy atom. The van der Waals surface area contributed by atoms with Crippen LogP contribution < -0.4 is 5.73 Å². The quantitative estimate of drug-likeness (QED) is 0.797. The van der Waals surface area contributed by atoms with E-state index in [0.29, 0.717) is 0 Å². The lowest BCUT2D eigenvalue weighted by Gasteiger charge is -2.31. The molecule has 0 bridgehead atoms. The van der Waals surface area contributed by atoms with Gasteiger partial charge in [0.05, 0.1) is 0 Å². The van der Waals surface area contributed by atoms with Gasteiger partial charge in [-0.15, -0.1) is 0 Å². The van der Waals surface area contributed by atoms with Crippen molar-refractivity contribution < 1.29 is 0 Å². The normalized spacial score (nSPS) is 18.5. The van der Waals surface area contributed by atoms with Crippen molar-refractivity contribution in [1.82, 2.24) is 0 Å². The van der Waals surface area contributed by atoms with Crippen LogP contribution in [-0.4, -0.2) is 0 Å². The van der Waals surface area contributed by atoms with Crippen LogP contribution >= 0.6 is 0 Å². The minimum Gasteiger partial charge on any atom is -0.324 e. The first kappa shape index (κ1) is 10.7. The maximum absolute atomic E-state index is 6.27. The van der Waals surface area contributed by atoms with Gasteiger partial charge in [0.2, 0.25) is 0 Å². The van der Waals surface area contributed by atoms with Crippen molar-refractivity contribution in [2.24, 2.45) is 11.7 Å². The first-order valence-corrected chi connectivity index (χ1v) is 6.15. The van der Waals surface area contributed by atoms with E-state index in [-0.39, 0.29) is 6.04 Å². The monoisotopic (exact) mass is 203 g/mol. The average Bonchev–Trinajstić information content (AvgIpc) is 2.16. The van der Waals surface area contributed by atoms with Gasteiger partial charge < -0.3 is 5.73 Å². The lowest BCUT2D eigenvalue weighted by atomic mass is 9.77. The number of benzene rings is 1. The maximum Gasteiger partial charge on any atom is 0.0323 e. The zero-order chi connectivity index (χ0) is 10.7. The molecule has 2 N–H and O–H groups in total. The highest BCUT2D eigenvalue weighted by molar-refractivity contribution is 5.26. The predicted octanol–water partition coefficient (Wildman–Crippen LogP) is 3.44. The molecule has 15 heavy (non-hydrogen) atoms. The highest BCUT2D eigenvalue weighted by Gasteiger charge is 2.25. The third-order valence-electron chi connectivity index (χ3n) is 3.53. The molecule has 1 unspecified atom stereocenters. The molecule has 1 fully saturated rings. The van der Waals surface area contributed by atoms with Crippen molar-refractivity contribution in [1.29, 1.82) is 0 Å². The largest absolute Gasteiger partial charge is 0.324 e. The Labute approximate surface area is 92.7 Å². The summed E-state index contributed by atoms with van der Waals surface area (Å²) in [5.41, 5.74) is 9.04. The Morgan fingerprint density at radius 1 is 1.40 bits per heavy atom. The van der Waals surface area contributed by atoms with Gasteiger partial charge in [-0.25, -0.2) is 0 Å². The first-order valence-electron chi connectivity index (χ1n) is 6.15. The molecule has 1 atom stereocenters. The Balaban J connectivity index is 2.09. The van der Waals surface area contributed by atoms with Crippen LogP contribution in [0.2, 0.25) is 0 Å². The van der Waals surface area contributed by atoms with Crippen LogP contribution in [-0.2, 0) is 6.42 Å². The van der Waals surface area contributed by atoms with Crippen molar-refractivity contribution >= 4 is 0 Å². The number of aryl methyl sites for hydroxylation is 1. The van der Waals surface area contributed by atoms with Crippen LogP contribution in [0, 0.1) is 5.92 Å². The molecule has 1 aliphatic carbocycles. The van der Waals surface area contributed by atoms with Crippen LogP contribution in [0.1, 0.15) is 49.8 Å². The summed E-state index contributed by atoms with van der Waals surface area (Å²) in [7, 11) is 0. The lowest BCUT2D eigenvalue weighted by Crippen LogP contribution is -2.26. The summed E-state index contributed by atoms with van der Waals surface area (Å²) in [6.07, 6.45) is 6.39. The lowest BCUT2D eigenvalue weighted by molar-refractivity contribution is 0.264. The molecule has 1 nitrogen and oxygen atoms in total. The molecule has 1 saturated carbocycles. The molecule has 1 heteroatoms. The minimum absolute atomic E-state index is 0.274. The number of rotatable bonds is 4. The van der Waals surface area contributed by atoms with Crippen molar-refractivity contribution in [3.8, 4) is 0 Å². The van der Waals surface area contributed by atoms with E-state index in [2.05, 4.69) is 31.2 Å². The fraction of sp³-hybridized carbons (Fsp3) is 0.571. The third-order valence-corrected chi connectivity index (χ3v) is 3.53. The first-order chi connectivity index (χ1) is 7.31. The number of hydrogen-bond donors (Lipinski definition) is 1. The second kappa shape index (κ2) is 4.80. The Kier molecular flexibility index (Phi) is 3.42. The number of hydrogen-bond acceptors (Lipinski definition) is 1. The van der Waals surface area contributed by atoms with E-state index in [1.807, 2.05) is 0 Å². The van der Waals surface area contributed by atoms with E-state index in [4.69, 9.17) is 5.73 Å². The molecular formula is C14H21N. The van der Waals surface area contributed by atoms with Crippen LogP contribution in [0.4, 0.5) is 0 Å². The SMILES string of the molecule is CCCc1cccc(C(N)C2CCC2)c1. The van der Waals surface area contributed by atoms with E-state index in [1.54, 1.807) is 0 Å². The summed E-state index contributed by atoms with van der Waals surface area (Å²) in [4.78, 5) is 0. The summed E-state index contributed by atoms with van der Waals surface area (Å²) >= 11 is 0. The van der Waals surface area contributed by atoms with Gasteiger partial charge in [-0.2, -0.15) is 0 Å². The summed E-state index contributed by atoms with van der Waals surface area (Å²) in [5.74, 6) is 0.738.